The SMILES string of the molecule is CC(=O)NCCNc1nc(-c2ccc(Cl)cc2)nc(NCCNC(=O)C=Cc2ccccn2)c1C. The van der Waals surface area contributed by atoms with Crippen molar-refractivity contribution >= 4 is 41.1 Å². The standard InChI is InChI=1S/C25H28ClN7O2/c1-17-23(30-15-13-27-18(2)34)32-25(19-6-8-20(26)9-7-19)33-24(17)31-16-14-29-22(35)11-10-21-5-3-4-12-28-21/h3-12H,13-16H2,1-2H3,(H,27,34)(H,29,35)(H2,30,31,32,33). The summed E-state index contributed by atoms with van der Waals surface area (Å²) in [5, 5.41) is 12.7. The summed E-state index contributed by atoms with van der Waals surface area (Å²) in [7, 11) is 0. The van der Waals surface area contributed by atoms with Crippen LogP contribution < -0.4 is 21.3 Å². The van der Waals surface area contributed by atoms with Gasteiger partial charge in [-0.3, -0.25) is 14.6 Å². The molecule has 0 aliphatic rings. The molecule has 0 atom stereocenters. The zero-order valence-corrected chi connectivity index (χ0v) is 20.4. The van der Waals surface area contributed by atoms with Crippen molar-refractivity contribution in [3.63, 3.8) is 0 Å². The fourth-order valence-corrected chi connectivity index (χ4v) is 3.20. The van der Waals surface area contributed by atoms with Gasteiger partial charge in [0.25, 0.3) is 0 Å². The highest BCUT2D eigenvalue weighted by Gasteiger charge is 2.12. The molecule has 10 heteroatoms. The quantitative estimate of drug-likeness (QED) is 0.239. The number of anilines is 2. The molecule has 0 radical (unpaired) electrons. The maximum Gasteiger partial charge on any atom is 0.244 e. The van der Waals surface area contributed by atoms with E-state index in [1.807, 2.05) is 37.3 Å². The van der Waals surface area contributed by atoms with Gasteiger partial charge in [0.15, 0.2) is 5.82 Å². The van der Waals surface area contributed by atoms with Gasteiger partial charge in [-0.15, -0.1) is 0 Å². The number of amides is 2. The van der Waals surface area contributed by atoms with Crippen LogP contribution in [-0.4, -0.2) is 52.9 Å². The molecule has 2 aromatic heterocycles. The summed E-state index contributed by atoms with van der Waals surface area (Å²) in [6, 6.07) is 12.8. The van der Waals surface area contributed by atoms with Gasteiger partial charge in [0, 0.05) is 61.5 Å². The Labute approximate surface area is 209 Å². The van der Waals surface area contributed by atoms with Gasteiger partial charge in [-0.2, -0.15) is 0 Å². The predicted molar refractivity (Wildman–Crippen MR) is 139 cm³/mol. The van der Waals surface area contributed by atoms with E-state index in [1.165, 1.54) is 13.0 Å². The van der Waals surface area contributed by atoms with Gasteiger partial charge in [0.2, 0.25) is 11.8 Å². The van der Waals surface area contributed by atoms with E-state index in [9.17, 15) is 9.59 Å². The average molecular weight is 494 g/mol. The number of hydrogen-bond donors (Lipinski definition) is 4. The molecule has 3 rings (SSSR count). The summed E-state index contributed by atoms with van der Waals surface area (Å²) in [4.78, 5) is 36.7. The molecule has 3 aromatic rings. The minimum absolute atomic E-state index is 0.0904. The van der Waals surface area contributed by atoms with E-state index in [0.717, 1.165) is 11.1 Å². The fraction of sp³-hybridized carbons (Fsp3) is 0.240. The molecular formula is C25H28ClN7O2. The third kappa shape index (κ3) is 8.38. The molecule has 0 spiro atoms. The Morgan fingerprint density at radius 3 is 2.17 bits per heavy atom. The van der Waals surface area contributed by atoms with Crippen LogP contribution in [0.15, 0.2) is 54.7 Å². The summed E-state index contributed by atoms with van der Waals surface area (Å²) in [5.74, 6) is 1.52. The summed E-state index contributed by atoms with van der Waals surface area (Å²) in [6.45, 7) is 5.22. The van der Waals surface area contributed by atoms with Gasteiger partial charge >= 0.3 is 0 Å². The van der Waals surface area contributed by atoms with E-state index in [-0.39, 0.29) is 11.8 Å². The normalized spacial score (nSPS) is 10.7. The molecule has 9 nitrogen and oxygen atoms in total. The van der Waals surface area contributed by atoms with Crippen molar-refractivity contribution in [1.29, 1.82) is 0 Å². The van der Waals surface area contributed by atoms with Crippen molar-refractivity contribution in [2.24, 2.45) is 0 Å². The third-order valence-corrected chi connectivity index (χ3v) is 5.10. The molecule has 0 fully saturated rings. The number of carbonyl (C=O) groups excluding carboxylic acids is 2. The van der Waals surface area contributed by atoms with Gasteiger partial charge in [0.05, 0.1) is 5.69 Å². The predicted octanol–water partition coefficient (Wildman–Crippen LogP) is 3.29. The highest BCUT2D eigenvalue weighted by atomic mass is 35.5. The van der Waals surface area contributed by atoms with E-state index in [2.05, 4.69) is 36.2 Å². The molecule has 0 saturated heterocycles. The number of carbonyl (C=O) groups is 2. The lowest BCUT2D eigenvalue weighted by Gasteiger charge is -2.16. The van der Waals surface area contributed by atoms with Crippen molar-refractivity contribution in [2.75, 3.05) is 36.8 Å². The number of hydrogen-bond acceptors (Lipinski definition) is 7. The topological polar surface area (TPSA) is 121 Å². The third-order valence-electron chi connectivity index (χ3n) is 4.85. The first kappa shape index (κ1) is 25.6. The fourth-order valence-electron chi connectivity index (χ4n) is 3.07. The van der Waals surface area contributed by atoms with Crippen molar-refractivity contribution in [3.05, 3.63) is 71.0 Å². The Bertz CT molecular complexity index is 1170. The molecule has 0 unspecified atom stereocenters. The Morgan fingerprint density at radius 2 is 1.57 bits per heavy atom. The number of halogens is 1. The van der Waals surface area contributed by atoms with Gasteiger partial charge < -0.3 is 21.3 Å². The van der Waals surface area contributed by atoms with Crippen LogP contribution >= 0.6 is 11.6 Å². The number of benzene rings is 1. The number of rotatable bonds is 11. The van der Waals surface area contributed by atoms with Crippen LogP contribution in [0.4, 0.5) is 11.6 Å². The minimum Gasteiger partial charge on any atom is -0.368 e. The highest BCUT2D eigenvalue weighted by Crippen LogP contribution is 2.26. The van der Waals surface area contributed by atoms with Crippen LogP contribution in [0.1, 0.15) is 18.2 Å². The van der Waals surface area contributed by atoms with E-state index in [4.69, 9.17) is 11.6 Å². The largest absolute Gasteiger partial charge is 0.368 e. The molecule has 0 aliphatic carbocycles. The number of aromatic nitrogens is 3. The van der Waals surface area contributed by atoms with Gasteiger partial charge in [-0.25, -0.2) is 9.97 Å². The first-order valence-corrected chi connectivity index (χ1v) is 11.5. The molecule has 35 heavy (non-hydrogen) atoms. The molecule has 0 bridgehead atoms. The van der Waals surface area contributed by atoms with Crippen LogP contribution in [0.2, 0.25) is 5.02 Å². The maximum atomic E-state index is 12.1. The smallest absolute Gasteiger partial charge is 0.244 e. The lowest BCUT2D eigenvalue weighted by molar-refractivity contribution is -0.119. The molecular weight excluding hydrogens is 466 g/mol. The van der Waals surface area contributed by atoms with Crippen molar-refractivity contribution in [3.8, 4) is 11.4 Å². The van der Waals surface area contributed by atoms with E-state index < -0.39 is 0 Å². The maximum absolute atomic E-state index is 12.1. The molecule has 1 aromatic carbocycles. The molecule has 182 valence electrons. The van der Waals surface area contributed by atoms with Crippen LogP contribution in [-0.2, 0) is 9.59 Å². The van der Waals surface area contributed by atoms with Crippen LogP contribution in [0, 0.1) is 6.92 Å². The van der Waals surface area contributed by atoms with Crippen molar-refractivity contribution < 1.29 is 9.59 Å². The zero-order chi connectivity index (χ0) is 25.0. The van der Waals surface area contributed by atoms with Crippen molar-refractivity contribution in [2.45, 2.75) is 13.8 Å². The van der Waals surface area contributed by atoms with E-state index in [0.29, 0.717) is 54.4 Å². The summed E-state index contributed by atoms with van der Waals surface area (Å²) in [5.41, 5.74) is 2.35. The summed E-state index contributed by atoms with van der Waals surface area (Å²) < 4.78 is 0. The van der Waals surface area contributed by atoms with Crippen LogP contribution in [0.25, 0.3) is 17.5 Å². The Morgan fingerprint density at radius 1 is 0.914 bits per heavy atom. The Balaban J connectivity index is 1.64. The zero-order valence-electron chi connectivity index (χ0n) is 19.6. The second-order valence-electron chi connectivity index (χ2n) is 7.59. The van der Waals surface area contributed by atoms with Gasteiger partial charge in [0.1, 0.15) is 11.6 Å². The summed E-state index contributed by atoms with van der Waals surface area (Å²) >= 11 is 6.02. The second kappa shape index (κ2) is 13.0. The number of nitrogens with zero attached hydrogens (tertiary/aromatic N) is 3. The lowest BCUT2D eigenvalue weighted by atomic mass is 10.2. The Kier molecular flexibility index (Phi) is 9.56. The molecule has 0 aliphatic heterocycles. The van der Waals surface area contributed by atoms with Crippen molar-refractivity contribution in [1.82, 2.24) is 25.6 Å². The molecule has 2 amide bonds. The number of pyridine rings is 1. The lowest BCUT2D eigenvalue weighted by Crippen LogP contribution is -2.28. The van der Waals surface area contributed by atoms with Gasteiger partial charge in [-0.1, -0.05) is 17.7 Å². The Hall–Kier alpha value is -3.98. The first-order valence-electron chi connectivity index (χ1n) is 11.2. The first-order chi connectivity index (χ1) is 16.9. The van der Waals surface area contributed by atoms with E-state index >= 15 is 0 Å². The molecule has 4 N–H and O–H groups in total. The highest BCUT2D eigenvalue weighted by molar-refractivity contribution is 6.30. The molecule has 2 heterocycles. The monoisotopic (exact) mass is 493 g/mol. The number of nitrogens with one attached hydrogen (secondary N) is 4. The average Bonchev–Trinajstić information content (AvgIpc) is 2.85. The van der Waals surface area contributed by atoms with E-state index in [1.54, 1.807) is 24.4 Å². The van der Waals surface area contributed by atoms with Crippen LogP contribution in [0.3, 0.4) is 0 Å². The summed E-state index contributed by atoms with van der Waals surface area (Å²) in [6.07, 6.45) is 4.79. The molecule has 0 saturated carbocycles. The van der Waals surface area contributed by atoms with Crippen LogP contribution in [0.5, 0.6) is 0 Å². The van der Waals surface area contributed by atoms with Gasteiger partial charge in [-0.05, 0) is 49.4 Å². The minimum atomic E-state index is -0.209. The second-order valence-corrected chi connectivity index (χ2v) is 8.03.